The fraction of sp³-hybridized carbons (Fsp3) is 0.286. The van der Waals surface area contributed by atoms with Gasteiger partial charge in [-0.25, -0.2) is 0 Å². The van der Waals surface area contributed by atoms with Crippen LogP contribution in [0.5, 0.6) is 0 Å². The number of H-pyrrole nitrogens is 1. The standard InChI is InChI=1S/C14H12F3N3O/c15-14(16,17)12-10(8-18-19-12)13(21)20-7-3-5-9-4-1-2-6-11(9)20/h1-2,4,6,8H,3,5,7H2,(H,18,19). The minimum Gasteiger partial charge on any atom is -0.308 e. The van der Waals surface area contributed by atoms with E-state index >= 15 is 0 Å². The van der Waals surface area contributed by atoms with Gasteiger partial charge in [0.05, 0.1) is 11.8 Å². The number of carbonyl (C=O) groups is 1. The number of halogens is 3. The second-order valence-corrected chi connectivity index (χ2v) is 4.85. The molecule has 7 heteroatoms. The van der Waals surface area contributed by atoms with Gasteiger partial charge in [0.1, 0.15) is 0 Å². The predicted octanol–water partition coefficient (Wildman–Crippen LogP) is 3.02. The van der Waals surface area contributed by atoms with Crippen LogP contribution < -0.4 is 4.90 Å². The summed E-state index contributed by atoms with van der Waals surface area (Å²) in [7, 11) is 0. The summed E-state index contributed by atoms with van der Waals surface area (Å²) in [6, 6.07) is 7.25. The van der Waals surface area contributed by atoms with Crippen molar-refractivity contribution in [3.63, 3.8) is 0 Å². The first-order valence-corrected chi connectivity index (χ1v) is 6.49. The molecule has 2 heterocycles. The number of nitrogens with one attached hydrogen (secondary N) is 1. The van der Waals surface area contributed by atoms with Gasteiger partial charge in [-0.15, -0.1) is 0 Å². The Morgan fingerprint density at radius 2 is 2.05 bits per heavy atom. The Kier molecular flexibility index (Phi) is 3.19. The van der Waals surface area contributed by atoms with Gasteiger partial charge in [-0.2, -0.15) is 18.3 Å². The third kappa shape index (κ3) is 2.39. The molecule has 0 unspecified atom stereocenters. The van der Waals surface area contributed by atoms with E-state index in [9.17, 15) is 18.0 Å². The monoisotopic (exact) mass is 295 g/mol. The number of alkyl halides is 3. The van der Waals surface area contributed by atoms with Crippen molar-refractivity contribution in [2.45, 2.75) is 19.0 Å². The van der Waals surface area contributed by atoms with Crippen LogP contribution in [-0.4, -0.2) is 22.6 Å². The zero-order valence-electron chi connectivity index (χ0n) is 10.9. The summed E-state index contributed by atoms with van der Waals surface area (Å²) >= 11 is 0. The molecule has 1 amide bonds. The minimum atomic E-state index is -4.63. The molecule has 1 aromatic carbocycles. The molecule has 21 heavy (non-hydrogen) atoms. The van der Waals surface area contributed by atoms with Crippen molar-refractivity contribution in [2.75, 3.05) is 11.4 Å². The van der Waals surface area contributed by atoms with Crippen molar-refractivity contribution in [1.82, 2.24) is 10.2 Å². The summed E-state index contributed by atoms with van der Waals surface area (Å²) in [5.74, 6) is -0.678. The van der Waals surface area contributed by atoms with Crippen molar-refractivity contribution in [2.24, 2.45) is 0 Å². The molecule has 0 bridgehead atoms. The SMILES string of the molecule is O=C(c1cn[nH]c1C(F)(F)F)N1CCCc2ccccc21. The van der Waals surface area contributed by atoms with Crippen LogP contribution in [0.4, 0.5) is 18.9 Å². The minimum absolute atomic E-state index is 0.401. The Labute approximate surface area is 118 Å². The van der Waals surface area contributed by atoms with E-state index in [2.05, 4.69) is 5.10 Å². The van der Waals surface area contributed by atoms with Crippen LogP contribution in [0.25, 0.3) is 0 Å². The first kappa shape index (κ1) is 13.7. The van der Waals surface area contributed by atoms with E-state index in [0.717, 1.165) is 24.6 Å². The van der Waals surface area contributed by atoms with Crippen LogP contribution in [0.15, 0.2) is 30.5 Å². The molecule has 0 aliphatic carbocycles. The lowest BCUT2D eigenvalue weighted by molar-refractivity contribution is -0.141. The van der Waals surface area contributed by atoms with Gasteiger partial charge in [0, 0.05) is 12.2 Å². The lowest BCUT2D eigenvalue weighted by Gasteiger charge is -2.29. The van der Waals surface area contributed by atoms with Gasteiger partial charge in [0.2, 0.25) is 0 Å². The Hall–Kier alpha value is -2.31. The molecular weight excluding hydrogens is 283 g/mol. The Morgan fingerprint density at radius 1 is 1.29 bits per heavy atom. The van der Waals surface area contributed by atoms with Crippen molar-refractivity contribution >= 4 is 11.6 Å². The second kappa shape index (κ2) is 4.91. The summed E-state index contributed by atoms with van der Waals surface area (Å²) in [6.45, 7) is 0.401. The molecule has 110 valence electrons. The van der Waals surface area contributed by atoms with Gasteiger partial charge in [-0.3, -0.25) is 9.89 Å². The Balaban J connectivity index is 2.00. The molecule has 3 rings (SSSR count). The largest absolute Gasteiger partial charge is 0.433 e. The molecule has 1 N–H and O–H groups in total. The number of aryl methyl sites for hydroxylation is 1. The van der Waals surface area contributed by atoms with Crippen LogP contribution in [0, 0.1) is 0 Å². The third-order valence-electron chi connectivity index (χ3n) is 3.51. The van der Waals surface area contributed by atoms with Crippen molar-refractivity contribution in [3.8, 4) is 0 Å². The lowest BCUT2D eigenvalue weighted by atomic mass is 10.0. The smallest absolute Gasteiger partial charge is 0.308 e. The highest BCUT2D eigenvalue weighted by Crippen LogP contribution is 2.33. The Morgan fingerprint density at radius 3 is 2.81 bits per heavy atom. The van der Waals surface area contributed by atoms with E-state index in [-0.39, 0.29) is 0 Å². The number of hydrogen-bond acceptors (Lipinski definition) is 2. The highest BCUT2D eigenvalue weighted by molar-refractivity contribution is 6.07. The molecule has 1 aliphatic rings. The fourth-order valence-electron chi connectivity index (χ4n) is 2.55. The van der Waals surface area contributed by atoms with E-state index in [1.807, 2.05) is 17.2 Å². The summed E-state index contributed by atoms with van der Waals surface area (Å²) in [5, 5.41) is 5.24. The normalized spacial score (nSPS) is 14.9. The number of benzene rings is 1. The van der Waals surface area contributed by atoms with Crippen molar-refractivity contribution in [1.29, 1.82) is 0 Å². The van der Waals surface area contributed by atoms with E-state index in [0.29, 0.717) is 12.2 Å². The van der Waals surface area contributed by atoms with Gasteiger partial charge in [-0.05, 0) is 24.5 Å². The van der Waals surface area contributed by atoms with E-state index in [1.54, 1.807) is 12.1 Å². The Bertz CT molecular complexity index is 678. The number of carbonyl (C=O) groups excluding carboxylic acids is 1. The van der Waals surface area contributed by atoms with Crippen molar-refractivity contribution < 1.29 is 18.0 Å². The number of fused-ring (bicyclic) bond motifs is 1. The fourth-order valence-corrected chi connectivity index (χ4v) is 2.55. The summed E-state index contributed by atoms with van der Waals surface area (Å²) in [6.07, 6.45) is -2.15. The number of hydrogen-bond donors (Lipinski definition) is 1. The summed E-state index contributed by atoms with van der Waals surface area (Å²) in [5.41, 5.74) is 0.0898. The van der Waals surface area contributed by atoms with E-state index in [1.165, 1.54) is 4.90 Å². The zero-order chi connectivity index (χ0) is 15.0. The molecule has 0 spiro atoms. The van der Waals surface area contributed by atoms with Gasteiger partial charge >= 0.3 is 6.18 Å². The molecule has 4 nitrogen and oxygen atoms in total. The molecule has 0 radical (unpaired) electrons. The first-order valence-electron chi connectivity index (χ1n) is 6.49. The number of amides is 1. The molecule has 1 aromatic heterocycles. The maximum absolute atomic E-state index is 12.9. The topological polar surface area (TPSA) is 49.0 Å². The van der Waals surface area contributed by atoms with Crippen LogP contribution in [-0.2, 0) is 12.6 Å². The quantitative estimate of drug-likeness (QED) is 0.879. The molecule has 2 aromatic rings. The summed E-state index contributed by atoms with van der Waals surface area (Å²) in [4.78, 5) is 13.8. The van der Waals surface area contributed by atoms with Gasteiger partial charge in [0.25, 0.3) is 5.91 Å². The second-order valence-electron chi connectivity index (χ2n) is 4.85. The van der Waals surface area contributed by atoms with Gasteiger partial charge in [-0.1, -0.05) is 18.2 Å². The van der Waals surface area contributed by atoms with Crippen LogP contribution in [0.3, 0.4) is 0 Å². The molecular formula is C14H12F3N3O. The molecule has 0 atom stereocenters. The maximum atomic E-state index is 12.9. The van der Waals surface area contributed by atoms with Crippen molar-refractivity contribution in [3.05, 3.63) is 47.3 Å². The van der Waals surface area contributed by atoms with E-state index < -0.39 is 23.3 Å². The lowest BCUT2D eigenvalue weighted by Crippen LogP contribution is -2.36. The summed E-state index contributed by atoms with van der Waals surface area (Å²) < 4.78 is 38.6. The number of anilines is 1. The maximum Gasteiger partial charge on any atom is 0.433 e. The average Bonchev–Trinajstić information content (AvgIpc) is 2.95. The molecule has 0 saturated carbocycles. The number of nitrogens with zero attached hydrogens (tertiary/aromatic N) is 2. The van der Waals surface area contributed by atoms with Crippen LogP contribution in [0.1, 0.15) is 28.0 Å². The number of aromatic amines is 1. The van der Waals surface area contributed by atoms with Gasteiger partial charge in [0.15, 0.2) is 5.69 Å². The highest BCUT2D eigenvalue weighted by Gasteiger charge is 2.39. The average molecular weight is 295 g/mol. The zero-order valence-corrected chi connectivity index (χ0v) is 10.9. The van der Waals surface area contributed by atoms with Crippen LogP contribution in [0.2, 0.25) is 0 Å². The number of rotatable bonds is 1. The van der Waals surface area contributed by atoms with Crippen LogP contribution >= 0.6 is 0 Å². The molecule has 0 saturated heterocycles. The number of aromatic nitrogens is 2. The molecule has 1 aliphatic heterocycles. The van der Waals surface area contributed by atoms with E-state index in [4.69, 9.17) is 0 Å². The molecule has 0 fully saturated rings. The number of para-hydroxylation sites is 1. The first-order chi connectivity index (χ1) is 9.98. The predicted molar refractivity (Wildman–Crippen MR) is 70.0 cm³/mol. The highest BCUT2D eigenvalue weighted by atomic mass is 19.4. The van der Waals surface area contributed by atoms with Gasteiger partial charge < -0.3 is 4.90 Å². The third-order valence-corrected chi connectivity index (χ3v) is 3.51.